The van der Waals surface area contributed by atoms with Crippen molar-refractivity contribution in [3.63, 3.8) is 0 Å². The Labute approximate surface area is 640 Å². The fourth-order valence-corrected chi connectivity index (χ4v) is 19.2. The molecule has 4 aliphatic heterocycles. The van der Waals surface area contributed by atoms with Gasteiger partial charge in [-0.3, -0.25) is 28.9 Å². The molecule has 5 heterocycles. The highest BCUT2D eigenvalue weighted by Gasteiger charge is 2.50. The van der Waals surface area contributed by atoms with Crippen molar-refractivity contribution >= 4 is 101 Å². The zero-order chi connectivity index (χ0) is 76.8. The van der Waals surface area contributed by atoms with Gasteiger partial charge in [0.05, 0.1) is 38.8 Å². The van der Waals surface area contributed by atoms with Crippen LogP contribution in [0.25, 0.3) is 16.0 Å². The molecule has 20 nitrogen and oxygen atoms in total. The highest BCUT2D eigenvalue weighted by Crippen LogP contribution is 2.44. The number of piperazine rings is 1. The van der Waals surface area contributed by atoms with Gasteiger partial charge in [-0.25, -0.2) is 26.5 Å². The molecule has 107 heavy (non-hydrogen) atoms. The summed E-state index contributed by atoms with van der Waals surface area (Å²) in [7, 11) is -11.1. The average molecular weight is 1570 g/mol. The van der Waals surface area contributed by atoms with E-state index in [1.807, 2.05) is 111 Å². The van der Waals surface area contributed by atoms with E-state index in [9.17, 15) is 59.1 Å². The third-order valence-electron chi connectivity index (χ3n) is 21.3. The zero-order valence-electron chi connectivity index (χ0n) is 61.7. The van der Waals surface area contributed by atoms with Crippen molar-refractivity contribution in [3.05, 3.63) is 160 Å². The molecule has 4 saturated heterocycles. The number of alkyl halides is 3. The molecule has 1 aromatic heterocycles. The van der Waals surface area contributed by atoms with Gasteiger partial charge in [0.15, 0.2) is 0 Å². The fraction of sp³-hybridized carbons (Fsp3) is 0.494. The molecule has 1 aliphatic carbocycles. The maximum Gasteiger partial charge on any atom is 0.501 e. The number of aromatic nitrogens is 1. The minimum Gasteiger partial charge on any atom is -0.391 e. The van der Waals surface area contributed by atoms with Gasteiger partial charge in [0.25, 0.3) is 25.8 Å². The number of nitrogens with one attached hydrogen (secondary N) is 4. The number of hydrogen-bond acceptors (Lipinski definition) is 17. The Morgan fingerprint density at radius 2 is 1.45 bits per heavy atom. The van der Waals surface area contributed by atoms with Crippen LogP contribution < -0.4 is 25.6 Å². The summed E-state index contributed by atoms with van der Waals surface area (Å²) in [4.78, 5) is 83.1. The molecule has 0 saturated carbocycles. The predicted molar refractivity (Wildman–Crippen MR) is 414 cm³/mol. The van der Waals surface area contributed by atoms with Crippen molar-refractivity contribution in [3.8, 4) is 10.4 Å². The normalized spacial score (nSPS) is 20.4. The van der Waals surface area contributed by atoms with Crippen LogP contribution in [0.2, 0.25) is 5.02 Å². The number of sulfonamides is 1. The molecular weight excluding hydrogens is 1470 g/mol. The first-order valence-electron chi connectivity index (χ1n) is 36.8. The predicted octanol–water partition coefficient (Wildman–Crippen LogP) is 12.6. The zero-order valence-corrected chi connectivity index (χ0v) is 65.7. The number of amides is 5. The SMILES string of the molecule is Cc1ncsc1-c1ccc([C@H](C)NC(=O)[C@@H]2C[C@@H](O)CN2C(=O)[C@@H](NC(=O)CCCCCC(=O)N2CC3CN(CC[C@H](CSc4ccccc4)Nc4ccc(S(=O)(=O)NC(=O)c5ccc(N6CCN(CC7=C(c8ccc(Cl)cc8)CCC(C)(C)C7)CC6)cc5)cc4S(=O)(=O)C(F)(F)F)C[C@@H]3C2)C(C)(C)C)cc1. The van der Waals surface area contributed by atoms with E-state index < -0.39 is 94.3 Å². The van der Waals surface area contributed by atoms with Gasteiger partial charge in [-0.15, -0.1) is 23.1 Å². The first-order chi connectivity index (χ1) is 50.7. The number of rotatable bonds is 28. The number of thioether (sulfide) groups is 1. The molecule has 5 amide bonds. The Hall–Kier alpha value is -7.37. The van der Waals surface area contributed by atoms with E-state index in [0.29, 0.717) is 82.6 Å². The number of hydrogen-bond donors (Lipinski definition) is 5. The number of β-amino-alcohol motifs (C(OH)–C–C–N with tert-alkyl or cyclic N) is 1. The van der Waals surface area contributed by atoms with Crippen LogP contribution in [0.1, 0.15) is 139 Å². The summed E-state index contributed by atoms with van der Waals surface area (Å²) < 4.78 is 101. The second-order valence-electron chi connectivity index (χ2n) is 31.1. The fourth-order valence-electron chi connectivity index (χ4n) is 15.3. The molecule has 6 aromatic rings. The lowest BCUT2D eigenvalue weighted by atomic mass is 9.73. The third-order valence-corrected chi connectivity index (χ3v) is 26.6. The topological polar surface area (TPSA) is 251 Å². The molecule has 4 fully saturated rings. The van der Waals surface area contributed by atoms with E-state index in [1.54, 1.807) is 29.0 Å². The van der Waals surface area contributed by atoms with Crippen LogP contribution in [0.3, 0.4) is 0 Å². The van der Waals surface area contributed by atoms with Crippen LogP contribution in [0.5, 0.6) is 0 Å². The lowest BCUT2D eigenvalue weighted by Gasteiger charge is -2.39. The van der Waals surface area contributed by atoms with Gasteiger partial charge in [0.2, 0.25) is 23.6 Å². The van der Waals surface area contributed by atoms with Crippen molar-refractivity contribution in [2.75, 3.05) is 88.0 Å². The number of sulfone groups is 1. The minimum atomic E-state index is -6.17. The standard InChI is InChI=1S/C79H98ClF3N10O10S4/c1-51(53-18-20-55(21-19-53)72-52(2)84-50-105-72)85-75(98)68-40-63(94)48-93(68)76(99)73(77(3,4)5)87-70(95)16-12-9-13-17-71(96)92-46-58-44-90(45-59(58)47-92)35-33-61(49-104-64-14-10-8-11-15-64)86-67-31-30-65(41-69(67)106(100,101)79(81,82)83)107(102,103)88-74(97)56-24-28-62(29-25-56)91-38-36-89(37-39-91)43-57-42-78(6,7)34-32-66(57)54-22-26-60(80)27-23-54/h8,10-11,14-15,18-31,41,50-51,58-59,61,63,68,73,86,94H,9,12-13,16-17,32-40,42-49H2,1-7H3,(H,85,98)(H,87,95)(H,88,97)/t51-,58+,59?,61+,63+,68-,73+/m0/s1. The van der Waals surface area contributed by atoms with Crippen LogP contribution in [0, 0.1) is 29.6 Å². The summed E-state index contributed by atoms with van der Waals surface area (Å²) in [5.41, 5.74) is 2.59. The van der Waals surface area contributed by atoms with Gasteiger partial charge in [-0.2, -0.15) is 13.2 Å². The third kappa shape index (κ3) is 20.4. The molecule has 5 aliphatic rings. The van der Waals surface area contributed by atoms with Gasteiger partial charge < -0.3 is 40.7 Å². The first-order valence-corrected chi connectivity index (χ1v) is 42.0. The monoisotopic (exact) mass is 1570 g/mol. The molecule has 11 rings (SSSR count). The van der Waals surface area contributed by atoms with Crippen LogP contribution in [0.4, 0.5) is 24.5 Å². The van der Waals surface area contributed by atoms with Crippen LogP contribution >= 0.6 is 34.7 Å². The largest absolute Gasteiger partial charge is 0.501 e. The molecule has 1 unspecified atom stereocenters. The van der Waals surface area contributed by atoms with E-state index in [2.05, 4.69) is 61.6 Å². The Balaban J connectivity index is 0.643. The van der Waals surface area contributed by atoms with Gasteiger partial charge in [-0.1, -0.05) is 113 Å². The number of aliphatic hydroxyl groups is 1. The van der Waals surface area contributed by atoms with Crippen molar-refractivity contribution in [1.29, 1.82) is 0 Å². The quantitative estimate of drug-likeness (QED) is 0.0226. The lowest BCUT2D eigenvalue weighted by Crippen LogP contribution is -2.57. The molecule has 5 aromatic carbocycles. The number of fused-ring (bicyclic) bond motifs is 1. The maximum absolute atomic E-state index is 14.6. The van der Waals surface area contributed by atoms with Crippen molar-refractivity contribution in [2.45, 2.75) is 163 Å². The molecule has 7 atom stereocenters. The smallest absolute Gasteiger partial charge is 0.391 e. The summed E-state index contributed by atoms with van der Waals surface area (Å²) >= 11 is 9.20. The number of likely N-dealkylation sites (tertiary alicyclic amines) is 3. The lowest BCUT2D eigenvalue weighted by molar-refractivity contribution is -0.144. The number of aliphatic hydroxyl groups excluding tert-OH is 1. The van der Waals surface area contributed by atoms with Gasteiger partial charge in [0.1, 0.15) is 17.0 Å². The summed E-state index contributed by atoms with van der Waals surface area (Å²) in [5, 5.41) is 20.5. The maximum atomic E-state index is 14.6. The summed E-state index contributed by atoms with van der Waals surface area (Å²) in [5.74, 6) is -1.64. The van der Waals surface area contributed by atoms with E-state index in [1.165, 1.54) is 45.5 Å². The van der Waals surface area contributed by atoms with Crippen molar-refractivity contribution in [2.24, 2.45) is 22.7 Å². The Morgan fingerprint density at radius 1 is 0.785 bits per heavy atom. The molecule has 28 heteroatoms. The minimum absolute atomic E-state index is 0.00570. The molecule has 5 N–H and O–H groups in total. The Kier molecular flexibility index (Phi) is 25.8. The second kappa shape index (κ2) is 34.3. The number of carbonyl (C=O) groups is 5. The highest BCUT2D eigenvalue weighted by molar-refractivity contribution is 7.99. The van der Waals surface area contributed by atoms with E-state index in [4.69, 9.17) is 11.6 Å². The summed E-state index contributed by atoms with van der Waals surface area (Å²) in [6.07, 6.45) is 4.55. The average Bonchev–Trinajstić information content (AvgIpc) is 1.71. The van der Waals surface area contributed by atoms with Crippen molar-refractivity contribution < 1.29 is 59.1 Å². The Morgan fingerprint density at radius 3 is 2.09 bits per heavy atom. The first kappa shape index (κ1) is 80.6. The number of anilines is 2. The Bertz CT molecular complexity index is 4410. The van der Waals surface area contributed by atoms with Crippen molar-refractivity contribution in [1.82, 2.24) is 39.9 Å². The number of carbonyl (C=O) groups excluding carboxylic acids is 5. The van der Waals surface area contributed by atoms with Gasteiger partial charge in [0, 0.05) is 124 Å². The number of benzene rings is 5. The number of halogens is 4. The van der Waals surface area contributed by atoms with Gasteiger partial charge in [-0.05, 0) is 164 Å². The number of allylic oxidation sites excluding steroid dienone is 1. The summed E-state index contributed by atoms with van der Waals surface area (Å²) in [6.45, 7) is 20.6. The molecule has 0 radical (unpaired) electrons. The molecule has 576 valence electrons. The highest BCUT2D eigenvalue weighted by atomic mass is 35.5. The molecule has 0 bridgehead atoms. The van der Waals surface area contributed by atoms with Crippen LogP contribution in [0.15, 0.2) is 147 Å². The summed E-state index contributed by atoms with van der Waals surface area (Å²) in [6, 6.07) is 31.0. The van der Waals surface area contributed by atoms with Crippen LogP contribution in [-0.4, -0.2) is 184 Å². The van der Waals surface area contributed by atoms with E-state index >= 15 is 0 Å². The molecule has 0 spiro atoms. The number of unbranched alkanes of at least 4 members (excludes halogenated alkanes) is 2. The number of nitrogens with zero attached hydrogens (tertiary/aromatic N) is 6. The number of aryl methyl sites for hydroxylation is 1. The van der Waals surface area contributed by atoms with E-state index in [0.717, 1.165) is 83.3 Å². The van der Waals surface area contributed by atoms with Crippen LogP contribution in [-0.2, 0) is 39.0 Å². The number of thiazole rings is 1. The van der Waals surface area contributed by atoms with E-state index in [-0.39, 0.29) is 66.2 Å². The second-order valence-corrected chi connectivity index (χ2v) is 37.0. The molecular formula is C79H98ClF3N10O10S4. The van der Waals surface area contributed by atoms with Gasteiger partial charge >= 0.3 is 5.51 Å².